The fourth-order valence-corrected chi connectivity index (χ4v) is 5.78. The second-order valence-electron chi connectivity index (χ2n) is 8.00. The summed E-state index contributed by atoms with van der Waals surface area (Å²) in [6, 6.07) is 1.28. The van der Waals surface area contributed by atoms with E-state index in [1.807, 2.05) is 4.31 Å². The molecule has 0 spiro atoms. The van der Waals surface area contributed by atoms with Crippen LogP contribution in [0.15, 0.2) is 0 Å². The number of hydrogen-bond acceptors (Lipinski definition) is 3. The Kier molecular flexibility index (Phi) is 5.37. The summed E-state index contributed by atoms with van der Waals surface area (Å²) in [5, 5.41) is 3.60. The van der Waals surface area contributed by atoms with Gasteiger partial charge in [0, 0.05) is 24.7 Å². The van der Waals surface area contributed by atoms with Crippen LogP contribution in [0.3, 0.4) is 0 Å². The third-order valence-corrected chi connectivity index (χ3v) is 6.68. The number of fused-ring (bicyclic) bond motifs is 2. The maximum atomic E-state index is 12.8. The molecule has 2 unspecified atom stereocenters. The average molecular weight is 317 g/mol. The van der Waals surface area contributed by atoms with E-state index in [4.69, 9.17) is 0 Å². The Morgan fingerprint density at radius 1 is 1.14 bits per heavy atom. The molecule has 0 amide bonds. The van der Waals surface area contributed by atoms with E-state index in [1.54, 1.807) is 0 Å². The SMILES string of the molecule is CCCN(C1CC2CCC(C1)N2)S(=O)(=O)CCC(C)(C)C. The lowest BCUT2D eigenvalue weighted by Gasteiger charge is -2.37. The fourth-order valence-electron chi connectivity index (χ4n) is 3.58. The molecule has 2 rings (SSSR count). The Bertz CT molecular complexity index is 430. The summed E-state index contributed by atoms with van der Waals surface area (Å²) in [4.78, 5) is 0. The standard InChI is InChI=1S/C16H32N2O2S/c1-5-9-18(21(19,20)10-8-16(2,3)4)15-11-13-6-7-14(12-15)17-13/h13-15,17H,5-12H2,1-4H3. The van der Waals surface area contributed by atoms with E-state index in [-0.39, 0.29) is 17.2 Å². The van der Waals surface area contributed by atoms with Gasteiger partial charge in [-0.15, -0.1) is 0 Å². The molecule has 2 atom stereocenters. The second-order valence-corrected chi connectivity index (χ2v) is 10.0. The molecule has 0 aliphatic carbocycles. The van der Waals surface area contributed by atoms with E-state index < -0.39 is 10.0 Å². The third-order valence-electron chi connectivity index (χ3n) is 4.77. The van der Waals surface area contributed by atoms with Crippen molar-refractivity contribution in [2.45, 2.75) is 84.3 Å². The number of hydrogen-bond donors (Lipinski definition) is 1. The van der Waals surface area contributed by atoms with Crippen LogP contribution in [0, 0.1) is 5.41 Å². The predicted molar refractivity (Wildman–Crippen MR) is 87.8 cm³/mol. The maximum absolute atomic E-state index is 12.8. The van der Waals surface area contributed by atoms with Crippen molar-refractivity contribution in [3.63, 3.8) is 0 Å². The molecule has 0 saturated carbocycles. The van der Waals surface area contributed by atoms with E-state index in [2.05, 4.69) is 33.0 Å². The van der Waals surface area contributed by atoms with E-state index in [9.17, 15) is 8.42 Å². The first-order valence-electron chi connectivity index (χ1n) is 8.47. The topological polar surface area (TPSA) is 49.4 Å². The lowest BCUT2D eigenvalue weighted by molar-refractivity contribution is 0.225. The van der Waals surface area contributed by atoms with Crippen molar-refractivity contribution in [2.24, 2.45) is 5.41 Å². The summed E-state index contributed by atoms with van der Waals surface area (Å²) >= 11 is 0. The minimum absolute atomic E-state index is 0.0676. The third kappa shape index (κ3) is 4.67. The largest absolute Gasteiger partial charge is 0.311 e. The highest BCUT2D eigenvalue weighted by Crippen LogP contribution is 2.32. The smallest absolute Gasteiger partial charge is 0.214 e. The monoisotopic (exact) mass is 316 g/mol. The molecule has 0 aromatic heterocycles. The molecule has 2 fully saturated rings. The van der Waals surface area contributed by atoms with Crippen molar-refractivity contribution >= 4 is 10.0 Å². The molecule has 0 aromatic rings. The number of sulfonamides is 1. The van der Waals surface area contributed by atoms with Gasteiger partial charge in [0.25, 0.3) is 0 Å². The van der Waals surface area contributed by atoms with E-state index in [0.29, 0.717) is 18.6 Å². The maximum Gasteiger partial charge on any atom is 0.214 e. The Morgan fingerprint density at radius 2 is 1.71 bits per heavy atom. The Morgan fingerprint density at radius 3 is 2.19 bits per heavy atom. The van der Waals surface area contributed by atoms with Crippen LogP contribution in [0.5, 0.6) is 0 Å². The van der Waals surface area contributed by atoms with Crippen molar-refractivity contribution in [1.82, 2.24) is 9.62 Å². The predicted octanol–water partition coefficient (Wildman–Crippen LogP) is 2.75. The molecule has 2 bridgehead atoms. The fraction of sp³-hybridized carbons (Fsp3) is 1.00. The van der Waals surface area contributed by atoms with Crippen LogP contribution in [0.25, 0.3) is 0 Å². The zero-order valence-corrected chi connectivity index (χ0v) is 14.9. The van der Waals surface area contributed by atoms with Gasteiger partial charge in [0.05, 0.1) is 5.75 Å². The van der Waals surface area contributed by atoms with Crippen LogP contribution < -0.4 is 5.32 Å². The molecule has 0 aromatic carbocycles. The van der Waals surface area contributed by atoms with Crippen LogP contribution >= 0.6 is 0 Å². The van der Waals surface area contributed by atoms with Gasteiger partial charge in [-0.2, -0.15) is 4.31 Å². The second kappa shape index (κ2) is 6.55. The van der Waals surface area contributed by atoms with Crippen molar-refractivity contribution < 1.29 is 8.42 Å². The van der Waals surface area contributed by atoms with E-state index in [1.165, 1.54) is 12.8 Å². The molecule has 2 heterocycles. The van der Waals surface area contributed by atoms with Gasteiger partial charge in [0.1, 0.15) is 0 Å². The normalized spacial score (nSPS) is 30.0. The van der Waals surface area contributed by atoms with Crippen molar-refractivity contribution in [2.75, 3.05) is 12.3 Å². The average Bonchev–Trinajstić information content (AvgIpc) is 2.72. The van der Waals surface area contributed by atoms with Crippen molar-refractivity contribution in [3.8, 4) is 0 Å². The molecular weight excluding hydrogens is 284 g/mol. The van der Waals surface area contributed by atoms with Gasteiger partial charge in [-0.3, -0.25) is 0 Å². The van der Waals surface area contributed by atoms with Crippen LogP contribution in [-0.2, 0) is 10.0 Å². The van der Waals surface area contributed by atoms with Crippen LogP contribution in [0.2, 0.25) is 0 Å². The number of rotatable bonds is 6. The van der Waals surface area contributed by atoms with E-state index in [0.717, 1.165) is 25.7 Å². The molecule has 5 heteroatoms. The van der Waals surface area contributed by atoms with Crippen molar-refractivity contribution in [3.05, 3.63) is 0 Å². The quantitative estimate of drug-likeness (QED) is 0.820. The number of piperidine rings is 1. The zero-order chi connectivity index (χ0) is 15.7. The summed E-state index contributed by atoms with van der Waals surface area (Å²) in [7, 11) is -3.13. The molecule has 1 N–H and O–H groups in total. The van der Waals surface area contributed by atoms with Crippen LogP contribution in [0.4, 0.5) is 0 Å². The molecule has 2 saturated heterocycles. The van der Waals surface area contributed by atoms with E-state index >= 15 is 0 Å². The van der Waals surface area contributed by atoms with Gasteiger partial charge in [0.15, 0.2) is 0 Å². The Hall–Kier alpha value is -0.130. The highest BCUT2D eigenvalue weighted by Gasteiger charge is 2.39. The number of nitrogens with one attached hydrogen (secondary N) is 1. The zero-order valence-electron chi connectivity index (χ0n) is 14.1. The molecule has 0 radical (unpaired) electrons. The molecule has 21 heavy (non-hydrogen) atoms. The first-order chi connectivity index (χ1) is 9.71. The summed E-state index contributed by atoms with van der Waals surface area (Å²) in [5.74, 6) is 0.287. The van der Waals surface area contributed by atoms with Gasteiger partial charge in [0.2, 0.25) is 10.0 Å². The Labute approximate surface area is 130 Å². The van der Waals surface area contributed by atoms with Crippen LogP contribution in [-0.4, -0.2) is 43.1 Å². The molecule has 4 nitrogen and oxygen atoms in total. The van der Waals surface area contributed by atoms with Crippen LogP contribution in [0.1, 0.15) is 66.2 Å². The Balaban J connectivity index is 2.06. The summed E-state index contributed by atoms with van der Waals surface area (Å²) < 4.78 is 27.4. The van der Waals surface area contributed by atoms with Gasteiger partial charge >= 0.3 is 0 Å². The van der Waals surface area contributed by atoms with Gasteiger partial charge in [-0.1, -0.05) is 27.7 Å². The molecular formula is C16H32N2O2S. The molecule has 2 aliphatic heterocycles. The first-order valence-corrected chi connectivity index (χ1v) is 10.1. The minimum Gasteiger partial charge on any atom is -0.311 e. The first kappa shape index (κ1) is 17.2. The summed E-state index contributed by atoms with van der Waals surface area (Å²) in [6.07, 6.45) is 6.03. The minimum atomic E-state index is -3.13. The molecule has 2 aliphatic rings. The lowest BCUT2D eigenvalue weighted by Crippen LogP contribution is -2.51. The molecule has 124 valence electrons. The summed E-state index contributed by atoms with van der Waals surface area (Å²) in [6.45, 7) is 9.07. The van der Waals surface area contributed by atoms with Crippen molar-refractivity contribution in [1.29, 1.82) is 0 Å². The number of nitrogens with zero attached hydrogens (tertiary/aromatic N) is 1. The highest BCUT2D eigenvalue weighted by molar-refractivity contribution is 7.89. The summed E-state index contributed by atoms with van der Waals surface area (Å²) in [5.41, 5.74) is 0.0676. The van der Waals surface area contributed by atoms with Gasteiger partial charge in [-0.25, -0.2) is 8.42 Å². The highest BCUT2D eigenvalue weighted by atomic mass is 32.2. The lowest BCUT2D eigenvalue weighted by atomic mass is 9.94. The van der Waals surface area contributed by atoms with Gasteiger partial charge in [-0.05, 0) is 43.9 Å². The van der Waals surface area contributed by atoms with Gasteiger partial charge < -0.3 is 5.32 Å².